The van der Waals surface area contributed by atoms with Gasteiger partial charge >= 0.3 is 5.97 Å². The summed E-state index contributed by atoms with van der Waals surface area (Å²) in [7, 11) is 0. The smallest absolute Gasteiger partial charge is 0.338 e. The highest BCUT2D eigenvalue weighted by atomic mass is 16.6. The van der Waals surface area contributed by atoms with E-state index in [-0.39, 0.29) is 11.3 Å². The lowest BCUT2D eigenvalue weighted by molar-refractivity contribution is -0.384. The van der Waals surface area contributed by atoms with Crippen molar-refractivity contribution >= 4 is 11.7 Å². The number of non-ortho nitro benzene ring substituents is 1. The van der Waals surface area contributed by atoms with Crippen molar-refractivity contribution in [3.63, 3.8) is 0 Å². The fourth-order valence-electron chi connectivity index (χ4n) is 2.76. The zero-order valence-electron chi connectivity index (χ0n) is 12.4. The molecule has 0 amide bonds. The van der Waals surface area contributed by atoms with E-state index in [0.29, 0.717) is 6.42 Å². The van der Waals surface area contributed by atoms with Crippen LogP contribution in [0.2, 0.25) is 0 Å². The number of carbonyl (C=O) groups excluding carboxylic acids is 1. The first kappa shape index (κ1) is 15.5. The minimum absolute atomic E-state index is 0.105. The SMILES string of the molecule is [N-]=[N+]=NC1c2ccccc2CC1OC(=O)c1ccc([N+](=O)[O-])cc1. The molecule has 0 aromatic heterocycles. The molecule has 0 saturated heterocycles. The van der Waals surface area contributed by atoms with Crippen molar-refractivity contribution in [3.05, 3.63) is 85.8 Å². The third kappa shape index (κ3) is 2.90. The van der Waals surface area contributed by atoms with Gasteiger partial charge in [-0.25, -0.2) is 4.79 Å². The number of hydrogen-bond donors (Lipinski definition) is 0. The van der Waals surface area contributed by atoms with Gasteiger partial charge in [-0.05, 0) is 28.8 Å². The van der Waals surface area contributed by atoms with E-state index in [4.69, 9.17) is 10.3 Å². The summed E-state index contributed by atoms with van der Waals surface area (Å²) in [5.74, 6) is -0.610. The molecule has 0 spiro atoms. The molecular formula is C16H12N4O4. The second-order valence-corrected chi connectivity index (χ2v) is 5.30. The molecule has 2 unspecified atom stereocenters. The Kier molecular flexibility index (Phi) is 4.13. The van der Waals surface area contributed by atoms with Crippen LogP contribution in [0.4, 0.5) is 5.69 Å². The fourth-order valence-corrected chi connectivity index (χ4v) is 2.76. The van der Waals surface area contributed by atoms with E-state index in [2.05, 4.69) is 10.0 Å². The molecule has 0 heterocycles. The van der Waals surface area contributed by atoms with E-state index in [1.807, 2.05) is 24.3 Å². The number of azide groups is 1. The molecule has 0 bridgehead atoms. The summed E-state index contributed by atoms with van der Waals surface area (Å²) in [5.41, 5.74) is 10.7. The largest absolute Gasteiger partial charge is 0.458 e. The Hall–Kier alpha value is -3.38. The third-order valence-corrected chi connectivity index (χ3v) is 3.90. The molecule has 24 heavy (non-hydrogen) atoms. The van der Waals surface area contributed by atoms with E-state index >= 15 is 0 Å². The van der Waals surface area contributed by atoms with Crippen molar-refractivity contribution in [2.45, 2.75) is 18.6 Å². The van der Waals surface area contributed by atoms with Crippen LogP contribution in [0.15, 0.2) is 53.6 Å². The molecule has 2 atom stereocenters. The highest BCUT2D eigenvalue weighted by molar-refractivity contribution is 5.89. The highest BCUT2D eigenvalue weighted by Crippen LogP contribution is 2.36. The number of ether oxygens (including phenoxy) is 1. The Bertz CT molecular complexity index is 843. The van der Waals surface area contributed by atoms with Crippen LogP contribution in [-0.2, 0) is 11.2 Å². The maximum absolute atomic E-state index is 12.3. The summed E-state index contributed by atoms with van der Waals surface area (Å²) >= 11 is 0. The molecule has 1 aliphatic carbocycles. The number of fused-ring (bicyclic) bond motifs is 1. The lowest BCUT2D eigenvalue weighted by Crippen LogP contribution is -2.21. The minimum Gasteiger partial charge on any atom is -0.458 e. The average molecular weight is 324 g/mol. The third-order valence-electron chi connectivity index (χ3n) is 3.90. The van der Waals surface area contributed by atoms with E-state index in [0.717, 1.165) is 11.1 Å². The molecule has 0 saturated carbocycles. The molecule has 1 aliphatic rings. The Morgan fingerprint density at radius 3 is 2.62 bits per heavy atom. The second kappa shape index (κ2) is 6.39. The van der Waals surface area contributed by atoms with Crippen LogP contribution in [0, 0.1) is 10.1 Å². The number of benzene rings is 2. The van der Waals surface area contributed by atoms with Gasteiger partial charge in [0, 0.05) is 23.5 Å². The Morgan fingerprint density at radius 1 is 1.25 bits per heavy atom. The van der Waals surface area contributed by atoms with Gasteiger partial charge in [-0.2, -0.15) is 0 Å². The number of nitrogens with zero attached hydrogens (tertiary/aromatic N) is 4. The summed E-state index contributed by atoms with van der Waals surface area (Å²) in [6, 6.07) is 12.0. The van der Waals surface area contributed by atoms with Crippen molar-refractivity contribution in [2.24, 2.45) is 5.11 Å². The van der Waals surface area contributed by atoms with Gasteiger partial charge in [0.25, 0.3) is 5.69 Å². The van der Waals surface area contributed by atoms with Gasteiger partial charge in [0.2, 0.25) is 0 Å². The normalized spacial score (nSPS) is 18.3. The van der Waals surface area contributed by atoms with Crippen molar-refractivity contribution < 1.29 is 14.5 Å². The highest BCUT2D eigenvalue weighted by Gasteiger charge is 2.34. The van der Waals surface area contributed by atoms with Crippen molar-refractivity contribution in [1.29, 1.82) is 0 Å². The van der Waals surface area contributed by atoms with E-state index in [1.54, 1.807) is 0 Å². The standard InChI is InChI=1S/C16H12N4O4/c17-19-18-15-13-4-2-1-3-11(13)9-14(15)24-16(21)10-5-7-12(8-6-10)20(22)23/h1-8,14-15H,9H2. The zero-order valence-corrected chi connectivity index (χ0v) is 12.4. The molecule has 120 valence electrons. The van der Waals surface area contributed by atoms with Crippen LogP contribution in [0.3, 0.4) is 0 Å². The van der Waals surface area contributed by atoms with Gasteiger partial charge in [0.1, 0.15) is 12.1 Å². The molecule has 2 aromatic rings. The molecule has 0 aliphatic heterocycles. The predicted molar refractivity (Wildman–Crippen MR) is 84.3 cm³/mol. The van der Waals surface area contributed by atoms with Crippen LogP contribution in [0.25, 0.3) is 10.4 Å². The van der Waals surface area contributed by atoms with Gasteiger partial charge in [-0.1, -0.05) is 29.4 Å². The summed E-state index contributed by atoms with van der Waals surface area (Å²) < 4.78 is 5.47. The molecule has 0 N–H and O–H groups in total. The molecule has 3 rings (SSSR count). The molecule has 0 fully saturated rings. The van der Waals surface area contributed by atoms with Crippen LogP contribution in [0.5, 0.6) is 0 Å². The van der Waals surface area contributed by atoms with Gasteiger partial charge in [-0.3, -0.25) is 10.1 Å². The number of nitro groups is 1. The van der Waals surface area contributed by atoms with Gasteiger partial charge in [0.15, 0.2) is 0 Å². The maximum atomic E-state index is 12.3. The molecule has 0 radical (unpaired) electrons. The molecule has 8 nitrogen and oxygen atoms in total. The summed E-state index contributed by atoms with van der Waals surface area (Å²) in [6.07, 6.45) is -0.139. The van der Waals surface area contributed by atoms with Crippen molar-refractivity contribution in [3.8, 4) is 0 Å². The van der Waals surface area contributed by atoms with Crippen LogP contribution >= 0.6 is 0 Å². The van der Waals surface area contributed by atoms with E-state index < -0.39 is 23.0 Å². The maximum Gasteiger partial charge on any atom is 0.338 e. The van der Waals surface area contributed by atoms with E-state index in [1.165, 1.54) is 24.3 Å². The quantitative estimate of drug-likeness (QED) is 0.212. The van der Waals surface area contributed by atoms with E-state index in [9.17, 15) is 14.9 Å². The Balaban J connectivity index is 1.79. The number of nitro benzene ring substituents is 1. The number of carbonyl (C=O) groups is 1. The van der Waals surface area contributed by atoms with Crippen LogP contribution in [-0.4, -0.2) is 17.0 Å². The summed E-state index contributed by atoms with van der Waals surface area (Å²) in [6.45, 7) is 0. The predicted octanol–water partition coefficient (Wildman–Crippen LogP) is 3.73. The summed E-state index contributed by atoms with van der Waals surface area (Å²) in [5, 5.41) is 14.4. The van der Waals surface area contributed by atoms with Crippen LogP contribution < -0.4 is 0 Å². The Morgan fingerprint density at radius 2 is 1.96 bits per heavy atom. The van der Waals surface area contributed by atoms with Gasteiger partial charge in [-0.15, -0.1) is 0 Å². The number of hydrogen-bond acceptors (Lipinski definition) is 5. The molecular weight excluding hydrogens is 312 g/mol. The lowest BCUT2D eigenvalue weighted by atomic mass is 10.1. The summed E-state index contributed by atoms with van der Waals surface area (Å²) in [4.78, 5) is 25.2. The first-order valence-corrected chi connectivity index (χ1v) is 7.17. The molecule has 8 heteroatoms. The zero-order chi connectivity index (χ0) is 17.1. The van der Waals surface area contributed by atoms with Gasteiger partial charge in [0.05, 0.1) is 10.5 Å². The van der Waals surface area contributed by atoms with Crippen molar-refractivity contribution in [1.82, 2.24) is 0 Å². The first-order valence-electron chi connectivity index (χ1n) is 7.17. The van der Waals surface area contributed by atoms with Gasteiger partial charge < -0.3 is 4.74 Å². The lowest BCUT2D eigenvalue weighted by Gasteiger charge is -2.16. The second-order valence-electron chi connectivity index (χ2n) is 5.30. The number of esters is 1. The topological polar surface area (TPSA) is 118 Å². The number of rotatable bonds is 4. The molecule has 2 aromatic carbocycles. The van der Waals surface area contributed by atoms with Crippen molar-refractivity contribution in [2.75, 3.05) is 0 Å². The Labute approximate surface area is 136 Å². The van der Waals surface area contributed by atoms with Crippen LogP contribution in [0.1, 0.15) is 27.5 Å². The minimum atomic E-state index is -0.610. The monoisotopic (exact) mass is 324 g/mol. The fraction of sp³-hybridized carbons (Fsp3) is 0.188. The average Bonchev–Trinajstić information content (AvgIpc) is 2.93. The first-order chi connectivity index (χ1) is 11.6.